The molecule has 0 N–H and O–H groups in total. The molecule has 0 amide bonds. The van der Waals surface area contributed by atoms with E-state index in [9.17, 15) is 0 Å². The monoisotopic (exact) mass is 342 g/mol. The number of ether oxygens (including phenoxy) is 1. The SMILES string of the molecule is CC(C)OC(=Nc1cccnc1)SCc1ccc(C(C)(C)C)cc1. The highest BCUT2D eigenvalue weighted by atomic mass is 32.2. The summed E-state index contributed by atoms with van der Waals surface area (Å²) in [6.07, 6.45) is 3.57. The van der Waals surface area contributed by atoms with Crippen molar-refractivity contribution in [3.8, 4) is 0 Å². The molecule has 1 heterocycles. The van der Waals surface area contributed by atoms with Crippen LogP contribution >= 0.6 is 11.8 Å². The molecule has 0 spiro atoms. The fourth-order valence-electron chi connectivity index (χ4n) is 2.07. The first kappa shape index (κ1) is 18.5. The molecule has 0 saturated heterocycles. The number of nitrogens with zero attached hydrogens (tertiary/aromatic N) is 2. The number of thioether (sulfide) groups is 1. The highest BCUT2D eigenvalue weighted by Gasteiger charge is 2.13. The quantitative estimate of drug-likeness (QED) is 0.526. The molecule has 0 aliphatic heterocycles. The van der Waals surface area contributed by atoms with Crippen molar-refractivity contribution in [3.05, 3.63) is 59.9 Å². The van der Waals surface area contributed by atoms with Crippen molar-refractivity contribution in [1.82, 2.24) is 4.98 Å². The van der Waals surface area contributed by atoms with Gasteiger partial charge in [0.15, 0.2) is 0 Å². The predicted molar refractivity (Wildman–Crippen MR) is 104 cm³/mol. The molecule has 0 saturated carbocycles. The van der Waals surface area contributed by atoms with Crippen LogP contribution in [0, 0.1) is 0 Å². The van der Waals surface area contributed by atoms with Crippen molar-refractivity contribution in [3.63, 3.8) is 0 Å². The topological polar surface area (TPSA) is 34.5 Å². The number of benzene rings is 1. The Balaban J connectivity index is 2.06. The van der Waals surface area contributed by atoms with Gasteiger partial charge in [0, 0.05) is 11.9 Å². The van der Waals surface area contributed by atoms with Crippen LogP contribution in [0.4, 0.5) is 5.69 Å². The van der Waals surface area contributed by atoms with Gasteiger partial charge < -0.3 is 4.74 Å². The lowest BCUT2D eigenvalue weighted by atomic mass is 9.87. The van der Waals surface area contributed by atoms with Gasteiger partial charge in [0.1, 0.15) is 0 Å². The first-order valence-electron chi connectivity index (χ1n) is 8.22. The van der Waals surface area contributed by atoms with Crippen molar-refractivity contribution in [2.45, 2.75) is 51.9 Å². The summed E-state index contributed by atoms with van der Waals surface area (Å²) in [6.45, 7) is 10.7. The molecule has 0 aliphatic carbocycles. The number of aromatic nitrogens is 1. The fourth-order valence-corrected chi connectivity index (χ4v) is 2.98. The first-order chi connectivity index (χ1) is 11.3. The molecule has 24 heavy (non-hydrogen) atoms. The third-order valence-electron chi connectivity index (χ3n) is 3.39. The Morgan fingerprint density at radius 1 is 1.17 bits per heavy atom. The standard InChI is InChI=1S/C20H26N2OS/c1-15(2)23-19(22-18-7-6-12-21-13-18)24-14-16-8-10-17(11-9-16)20(3,4)5/h6-13,15H,14H2,1-5H3. The molecule has 128 valence electrons. The van der Waals surface area contributed by atoms with E-state index in [0.717, 1.165) is 11.4 Å². The van der Waals surface area contributed by atoms with Crippen LogP contribution in [0.25, 0.3) is 0 Å². The number of rotatable bonds is 4. The Hall–Kier alpha value is -1.81. The van der Waals surface area contributed by atoms with Gasteiger partial charge >= 0.3 is 0 Å². The first-order valence-corrected chi connectivity index (χ1v) is 9.21. The molecule has 0 radical (unpaired) electrons. The summed E-state index contributed by atoms with van der Waals surface area (Å²) in [5.41, 5.74) is 3.60. The summed E-state index contributed by atoms with van der Waals surface area (Å²) in [4.78, 5) is 8.66. The molecule has 0 fully saturated rings. The predicted octanol–water partition coefficient (Wildman–Crippen LogP) is 5.73. The Morgan fingerprint density at radius 3 is 2.42 bits per heavy atom. The number of hydrogen-bond donors (Lipinski definition) is 0. The van der Waals surface area contributed by atoms with Crippen LogP contribution in [0.5, 0.6) is 0 Å². The smallest absolute Gasteiger partial charge is 0.251 e. The molecule has 2 aromatic rings. The maximum absolute atomic E-state index is 5.84. The van der Waals surface area contributed by atoms with Crippen molar-refractivity contribution in [1.29, 1.82) is 0 Å². The lowest BCUT2D eigenvalue weighted by molar-refractivity contribution is 0.237. The number of aliphatic imine (C=N–C) groups is 1. The molecule has 0 atom stereocenters. The molecule has 1 aromatic carbocycles. The molecular weight excluding hydrogens is 316 g/mol. The third kappa shape index (κ3) is 6.00. The van der Waals surface area contributed by atoms with Gasteiger partial charge in [-0.2, -0.15) is 0 Å². The van der Waals surface area contributed by atoms with Gasteiger partial charge in [-0.3, -0.25) is 4.98 Å². The van der Waals surface area contributed by atoms with E-state index in [1.165, 1.54) is 11.1 Å². The van der Waals surface area contributed by atoms with E-state index in [1.54, 1.807) is 24.2 Å². The van der Waals surface area contributed by atoms with Gasteiger partial charge in [0.2, 0.25) is 0 Å². The molecule has 0 bridgehead atoms. The highest BCUT2D eigenvalue weighted by Crippen LogP contribution is 2.24. The van der Waals surface area contributed by atoms with E-state index in [-0.39, 0.29) is 11.5 Å². The lowest BCUT2D eigenvalue weighted by Gasteiger charge is -2.19. The molecule has 2 rings (SSSR count). The van der Waals surface area contributed by atoms with Crippen LogP contribution in [0.2, 0.25) is 0 Å². The summed E-state index contributed by atoms with van der Waals surface area (Å²) in [5.74, 6) is 0.830. The average Bonchev–Trinajstić information content (AvgIpc) is 2.53. The van der Waals surface area contributed by atoms with Gasteiger partial charge in [-0.25, -0.2) is 4.99 Å². The molecule has 0 unspecified atom stereocenters. The summed E-state index contributed by atoms with van der Waals surface area (Å²) < 4.78 is 5.84. The van der Waals surface area contributed by atoms with E-state index in [2.05, 4.69) is 55.0 Å². The highest BCUT2D eigenvalue weighted by molar-refractivity contribution is 8.12. The minimum Gasteiger partial charge on any atom is -0.470 e. The summed E-state index contributed by atoms with van der Waals surface area (Å²) in [5, 5.41) is 0.679. The summed E-state index contributed by atoms with van der Waals surface area (Å²) >= 11 is 1.61. The minimum atomic E-state index is 0.0937. The van der Waals surface area contributed by atoms with Crippen molar-refractivity contribution in [2.75, 3.05) is 0 Å². The zero-order valence-corrected chi connectivity index (χ0v) is 15.9. The zero-order valence-electron chi connectivity index (χ0n) is 15.1. The molecule has 3 nitrogen and oxygen atoms in total. The van der Waals surface area contributed by atoms with E-state index in [4.69, 9.17) is 4.74 Å². The summed E-state index contributed by atoms with van der Waals surface area (Å²) in [6, 6.07) is 12.6. The van der Waals surface area contributed by atoms with Crippen LogP contribution in [-0.2, 0) is 15.9 Å². The van der Waals surface area contributed by atoms with E-state index in [0.29, 0.717) is 5.23 Å². The Morgan fingerprint density at radius 2 is 1.88 bits per heavy atom. The zero-order chi connectivity index (χ0) is 17.6. The van der Waals surface area contributed by atoms with Gasteiger partial charge in [0.05, 0.1) is 18.0 Å². The van der Waals surface area contributed by atoms with Crippen LogP contribution in [0.3, 0.4) is 0 Å². The minimum absolute atomic E-state index is 0.0937. The molecule has 1 aromatic heterocycles. The van der Waals surface area contributed by atoms with Crippen molar-refractivity contribution in [2.24, 2.45) is 4.99 Å². The molecular formula is C20H26N2OS. The van der Waals surface area contributed by atoms with Crippen LogP contribution < -0.4 is 0 Å². The average molecular weight is 343 g/mol. The van der Waals surface area contributed by atoms with Crippen LogP contribution in [-0.4, -0.2) is 16.3 Å². The van der Waals surface area contributed by atoms with Gasteiger partial charge in [-0.05, 0) is 42.5 Å². The Kier molecular flexibility index (Phi) is 6.44. The lowest BCUT2D eigenvalue weighted by Crippen LogP contribution is -2.11. The second-order valence-corrected chi connectivity index (χ2v) is 7.92. The summed E-state index contributed by atoms with van der Waals surface area (Å²) in [7, 11) is 0. The molecule has 4 heteroatoms. The van der Waals surface area contributed by atoms with E-state index >= 15 is 0 Å². The van der Waals surface area contributed by atoms with Crippen LogP contribution in [0.15, 0.2) is 53.8 Å². The van der Waals surface area contributed by atoms with Gasteiger partial charge in [-0.15, -0.1) is 0 Å². The van der Waals surface area contributed by atoms with E-state index < -0.39 is 0 Å². The normalized spacial score (nSPS) is 12.5. The Bertz CT molecular complexity index is 658. The van der Waals surface area contributed by atoms with Gasteiger partial charge in [-0.1, -0.05) is 56.8 Å². The second kappa shape index (κ2) is 8.34. The number of hydrogen-bond acceptors (Lipinski definition) is 4. The van der Waals surface area contributed by atoms with Gasteiger partial charge in [0.25, 0.3) is 5.23 Å². The fraction of sp³-hybridized carbons (Fsp3) is 0.400. The maximum Gasteiger partial charge on any atom is 0.251 e. The largest absolute Gasteiger partial charge is 0.470 e. The van der Waals surface area contributed by atoms with E-state index in [1.807, 2.05) is 26.0 Å². The second-order valence-electron chi connectivity index (χ2n) is 6.99. The van der Waals surface area contributed by atoms with Crippen molar-refractivity contribution >= 4 is 22.7 Å². The molecule has 0 aliphatic rings. The van der Waals surface area contributed by atoms with Crippen LogP contribution in [0.1, 0.15) is 45.7 Å². The van der Waals surface area contributed by atoms with Crippen molar-refractivity contribution < 1.29 is 4.74 Å². The Labute approximate surface area is 149 Å². The number of pyridine rings is 1. The third-order valence-corrected chi connectivity index (χ3v) is 4.30. The maximum atomic E-state index is 5.84.